The molecular formula is C15H21NOS. The molecule has 1 aromatic carbocycles. The zero-order chi connectivity index (χ0) is 12.8. The summed E-state index contributed by atoms with van der Waals surface area (Å²) >= 11 is 4.05. The van der Waals surface area contributed by atoms with Crippen LogP contribution in [0.15, 0.2) is 24.3 Å². The summed E-state index contributed by atoms with van der Waals surface area (Å²) in [5.41, 5.74) is 2.47. The smallest absolute Gasteiger partial charge is 0.146 e. The zero-order valence-electron chi connectivity index (χ0n) is 10.8. The second-order valence-corrected chi connectivity index (χ2v) is 5.30. The van der Waals surface area contributed by atoms with Crippen molar-refractivity contribution in [2.45, 2.75) is 32.2 Å². The number of piperidine rings is 1. The number of thiol groups is 1. The van der Waals surface area contributed by atoms with E-state index in [2.05, 4.69) is 35.7 Å². The van der Waals surface area contributed by atoms with E-state index in [1.165, 1.54) is 43.5 Å². The molecule has 0 N–H and O–H groups in total. The van der Waals surface area contributed by atoms with Gasteiger partial charge in [-0.3, -0.25) is 9.69 Å². The van der Waals surface area contributed by atoms with Crippen LogP contribution in [0.5, 0.6) is 0 Å². The van der Waals surface area contributed by atoms with Gasteiger partial charge in [-0.1, -0.05) is 30.7 Å². The van der Waals surface area contributed by atoms with Crippen molar-refractivity contribution in [2.24, 2.45) is 0 Å². The van der Waals surface area contributed by atoms with Crippen LogP contribution in [0.1, 0.15) is 30.4 Å². The molecule has 1 aliphatic heterocycles. The normalized spacial score (nSPS) is 16.7. The molecule has 0 aliphatic carbocycles. The SMILES string of the molecule is O=C(CS)Cc1ccccc1CN1CCCCC1. The molecular weight excluding hydrogens is 242 g/mol. The highest BCUT2D eigenvalue weighted by atomic mass is 32.1. The van der Waals surface area contributed by atoms with Gasteiger partial charge in [-0.2, -0.15) is 12.6 Å². The van der Waals surface area contributed by atoms with E-state index in [-0.39, 0.29) is 5.78 Å². The predicted molar refractivity (Wildman–Crippen MR) is 78.1 cm³/mol. The molecule has 0 radical (unpaired) electrons. The third kappa shape index (κ3) is 3.85. The van der Waals surface area contributed by atoms with Gasteiger partial charge in [0.15, 0.2) is 0 Å². The van der Waals surface area contributed by atoms with E-state index in [4.69, 9.17) is 0 Å². The maximum atomic E-state index is 11.5. The van der Waals surface area contributed by atoms with E-state index in [0.29, 0.717) is 12.2 Å². The van der Waals surface area contributed by atoms with Gasteiger partial charge < -0.3 is 0 Å². The molecule has 0 aromatic heterocycles. The highest BCUT2D eigenvalue weighted by Gasteiger charge is 2.13. The molecule has 1 aromatic rings. The molecule has 0 amide bonds. The molecule has 2 rings (SSSR count). The van der Waals surface area contributed by atoms with Crippen LogP contribution in [0.4, 0.5) is 0 Å². The van der Waals surface area contributed by atoms with Gasteiger partial charge in [0.2, 0.25) is 0 Å². The van der Waals surface area contributed by atoms with E-state index in [1.807, 2.05) is 6.07 Å². The van der Waals surface area contributed by atoms with Gasteiger partial charge in [-0.05, 0) is 37.1 Å². The summed E-state index contributed by atoms with van der Waals surface area (Å²) in [5, 5.41) is 0. The Morgan fingerprint density at radius 1 is 1.11 bits per heavy atom. The average molecular weight is 263 g/mol. The van der Waals surface area contributed by atoms with Gasteiger partial charge in [0.25, 0.3) is 0 Å². The average Bonchev–Trinajstić information content (AvgIpc) is 2.42. The summed E-state index contributed by atoms with van der Waals surface area (Å²) in [6, 6.07) is 8.30. The number of Topliss-reactive ketones (excluding diaryl/α,β-unsaturated/α-hetero) is 1. The van der Waals surface area contributed by atoms with Gasteiger partial charge in [0.05, 0.1) is 0 Å². The Labute approximate surface area is 115 Å². The van der Waals surface area contributed by atoms with Crippen molar-refractivity contribution in [1.82, 2.24) is 4.90 Å². The number of carbonyl (C=O) groups excluding carboxylic acids is 1. The van der Waals surface area contributed by atoms with Crippen LogP contribution >= 0.6 is 12.6 Å². The minimum absolute atomic E-state index is 0.199. The molecule has 0 spiro atoms. The molecule has 98 valence electrons. The first-order valence-corrected chi connectivity index (χ1v) is 7.34. The van der Waals surface area contributed by atoms with Gasteiger partial charge >= 0.3 is 0 Å². The van der Waals surface area contributed by atoms with Crippen molar-refractivity contribution in [2.75, 3.05) is 18.8 Å². The van der Waals surface area contributed by atoms with Crippen molar-refractivity contribution < 1.29 is 4.79 Å². The van der Waals surface area contributed by atoms with E-state index < -0.39 is 0 Å². The Balaban J connectivity index is 2.04. The zero-order valence-corrected chi connectivity index (χ0v) is 11.7. The van der Waals surface area contributed by atoms with Gasteiger partial charge in [0.1, 0.15) is 5.78 Å². The molecule has 0 saturated carbocycles. The van der Waals surface area contributed by atoms with Crippen molar-refractivity contribution in [3.8, 4) is 0 Å². The number of carbonyl (C=O) groups is 1. The summed E-state index contributed by atoms with van der Waals surface area (Å²) in [5.74, 6) is 0.530. The van der Waals surface area contributed by atoms with E-state index in [1.54, 1.807) is 0 Å². The number of hydrogen-bond donors (Lipinski definition) is 1. The van der Waals surface area contributed by atoms with Crippen molar-refractivity contribution in [1.29, 1.82) is 0 Å². The maximum Gasteiger partial charge on any atom is 0.146 e. The lowest BCUT2D eigenvalue weighted by Crippen LogP contribution is -2.29. The topological polar surface area (TPSA) is 20.3 Å². The standard InChI is InChI=1S/C15H21NOS/c17-15(12-18)10-13-6-2-3-7-14(13)11-16-8-4-1-5-9-16/h2-3,6-7,18H,1,4-5,8-12H2. The quantitative estimate of drug-likeness (QED) is 0.824. The Morgan fingerprint density at radius 2 is 1.78 bits per heavy atom. The second kappa shape index (κ2) is 6.95. The number of ketones is 1. The van der Waals surface area contributed by atoms with Crippen molar-refractivity contribution >= 4 is 18.4 Å². The summed E-state index contributed by atoms with van der Waals surface area (Å²) in [4.78, 5) is 14.0. The number of nitrogens with zero attached hydrogens (tertiary/aromatic N) is 1. The van der Waals surface area contributed by atoms with Crippen LogP contribution in [0.3, 0.4) is 0 Å². The van der Waals surface area contributed by atoms with E-state index in [9.17, 15) is 4.79 Å². The molecule has 3 heteroatoms. The Hall–Kier alpha value is -0.800. The van der Waals surface area contributed by atoms with Crippen LogP contribution in [-0.2, 0) is 17.8 Å². The molecule has 0 unspecified atom stereocenters. The molecule has 0 bridgehead atoms. The number of benzene rings is 1. The Morgan fingerprint density at radius 3 is 2.44 bits per heavy atom. The van der Waals surface area contributed by atoms with Crippen LogP contribution < -0.4 is 0 Å². The maximum absolute atomic E-state index is 11.5. The fraction of sp³-hybridized carbons (Fsp3) is 0.533. The van der Waals surface area contributed by atoms with Crippen molar-refractivity contribution in [3.05, 3.63) is 35.4 Å². The summed E-state index contributed by atoms with van der Waals surface area (Å²) < 4.78 is 0. The van der Waals surface area contributed by atoms with Crippen LogP contribution in [-0.4, -0.2) is 29.5 Å². The van der Waals surface area contributed by atoms with Gasteiger partial charge in [-0.15, -0.1) is 0 Å². The summed E-state index contributed by atoms with van der Waals surface area (Å²) in [7, 11) is 0. The van der Waals surface area contributed by atoms with E-state index in [0.717, 1.165) is 6.54 Å². The lowest BCUT2D eigenvalue weighted by Gasteiger charge is -2.27. The Bertz CT molecular complexity index is 399. The first kappa shape index (κ1) is 13.6. The molecule has 1 saturated heterocycles. The first-order valence-electron chi connectivity index (χ1n) is 6.71. The van der Waals surface area contributed by atoms with E-state index >= 15 is 0 Å². The highest BCUT2D eigenvalue weighted by molar-refractivity contribution is 7.81. The molecule has 1 fully saturated rings. The number of rotatable bonds is 5. The number of hydrogen-bond acceptors (Lipinski definition) is 3. The second-order valence-electron chi connectivity index (χ2n) is 4.98. The first-order chi connectivity index (χ1) is 8.79. The molecule has 2 nitrogen and oxygen atoms in total. The van der Waals surface area contributed by atoms with Gasteiger partial charge in [0, 0.05) is 18.7 Å². The fourth-order valence-corrected chi connectivity index (χ4v) is 2.62. The minimum atomic E-state index is 0.199. The van der Waals surface area contributed by atoms with Gasteiger partial charge in [-0.25, -0.2) is 0 Å². The fourth-order valence-electron chi connectivity index (χ4n) is 2.51. The van der Waals surface area contributed by atoms with Crippen LogP contribution in [0, 0.1) is 0 Å². The lowest BCUT2D eigenvalue weighted by atomic mass is 10.0. The molecule has 18 heavy (non-hydrogen) atoms. The van der Waals surface area contributed by atoms with Crippen LogP contribution in [0.25, 0.3) is 0 Å². The summed E-state index contributed by atoms with van der Waals surface area (Å²) in [6.07, 6.45) is 4.49. The molecule has 1 heterocycles. The summed E-state index contributed by atoms with van der Waals surface area (Å²) in [6.45, 7) is 3.36. The third-order valence-corrected chi connectivity index (χ3v) is 3.88. The Kier molecular flexibility index (Phi) is 5.26. The van der Waals surface area contributed by atoms with Crippen molar-refractivity contribution in [3.63, 3.8) is 0 Å². The molecule has 1 aliphatic rings. The predicted octanol–water partition coefficient (Wildman–Crippen LogP) is 2.71. The van der Waals surface area contributed by atoms with Crippen LogP contribution in [0.2, 0.25) is 0 Å². The number of likely N-dealkylation sites (tertiary alicyclic amines) is 1. The highest BCUT2D eigenvalue weighted by Crippen LogP contribution is 2.16. The lowest BCUT2D eigenvalue weighted by molar-refractivity contribution is -0.115. The largest absolute Gasteiger partial charge is 0.299 e. The molecule has 0 atom stereocenters. The third-order valence-electron chi connectivity index (χ3n) is 3.52. The minimum Gasteiger partial charge on any atom is -0.299 e. The monoisotopic (exact) mass is 263 g/mol.